The lowest BCUT2D eigenvalue weighted by Gasteiger charge is -2.11. The van der Waals surface area contributed by atoms with E-state index in [0.29, 0.717) is 17.9 Å². The highest BCUT2D eigenvalue weighted by atomic mass is 79.9. The maximum atomic E-state index is 12.2. The molecule has 0 radical (unpaired) electrons. The summed E-state index contributed by atoms with van der Waals surface area (Å²) < 4.78 is 11.7. The lowest BCUT2D eigenvalue weighted by Crippen LogP contribution is -2.26. The quantitative estimate of drug-likeness (QED) is 0.355. The molecule has 1 amide bonds. The molecule has 6 heteroatoms. The van der Waals surface area contributed by atoms with Crippen LogP contribution in [0.5, 0.6) is 11.5 Å². The molecule has 5 nitrogen and oxygen atoms in total. The first-order valence-electron chi connectivity index (χ1n) is 9.58. The van der Waals surface area contributed by atoms with Gasteiger partial charge in [0.1, 0.15) is 0 Å². The van der Waals surface area contributed by atoms with Gasteiger partial charge in [-0.05, 0) is 41.3 Å². The average Bonchev–Trinajstić information content (AvgIpc) is 2.79. The molecule has 3 aromatic rings. The number of methoxy groups -OCH3 is 1. The molecule has 0 saturated heterocycles. The van der Waals surface area contributed by atoms with Gasteiger partial charge in [-0.1, -0.05) is 77.5 Å². The van der Waals surface area contributed by atoms with E-state index in [-0.39, 0.29) is 12.5 Å². The number of nitrogens with one attached hydrogen (secondary N) is 1. The minimum Gasteiger partial charge on any atom is -0.493 e. The Morgan fingerprint density at radius 2 is 1.67 bits per heavy atom. The molecule has 0 saturated carbocycles. The SMILES string of the molecule is CCC(=NNC(=O)COc1ccc(Br)cc1OC)c1ccc(-c2ccccc2)cc1. The zero-order valence-corrected chi connectivity index (χ0v) is 18.5. The molecular formula is C24H23BrN2O3. The number of hydrogen-bond donors (Lipinski definition) is 1. The third kappa shape index (κ3) is 5.70. The minimum absolute atomic E-state index is 0.161. The molecule has 0 aliphatic carbocycles. The molecule has 30 heavy (non-hydrogen) atoms. The van der Waals surface area contributed by atoms with Crippen LogP contribution in [0.25, 0.3) is 11.1 Å². The van der Waals surface area contributed by atoms with Gasteiger partial charge >= 0.3 is 0 Å². The number of carbonyl (C=O) groups is 1. The number of carbonyl (C=O) groups excluding carboxylic acids is 1. The number of hydrazone groups is 1. The van der Waals surface area contributed by atoms with E-state index in [2.05, 4.69) is 50.7 Å². The maximum Gasteiger partial charge on any atom is 0.277 e. The second kappa shape index (κ2) is 10.6. The molecule has 0 aromatic heterocycles. The van der Waals surface area contributed by atoms with E-state index in [1.54, 1.807) is 19.2 Å². The Kier molecular flexibility index (Phi) is 7.63. The van der Waals surface area contributed by atoms with Crippen LogP contribution in [0.1, 0.15) is 18.9 Å². The third-order valence-electron chi connectivity index (χ3n) is 4.46. The van der Waals surface area contributed by atoms with Crippen LogP contribution in [-0.2, 0) is 4.79 Å². The van der Waals surface area contributed by atoms with E-state index in [0.717, 1.165) is 26.9 Å². The largest absolute Gasteiger partial charge is 0.493 e. The van der Waals surface area contributed by atoms with Gasteiger partial charge in [-0.2, -0.15) is 5.10 Å². The van der Waals surface area contributed by atoms with E-state index in [1.807, 2.05) is 43.3 Å². The van der Waals surface area contributed by atoms with Gasteiger partial charge in [-0.3, -0.25) is 4.79 Å². The van der Waals surface area contributed by atoms with Gasteiger partial charge in [0.25, 0.3) is 5.91 Å². The first-order valence-corrected chi connectivity index (χ1v) is 10.4. The van der Waals surface area contributed by atoms with Crippen LogP contribution in [0.4, 0.5) is 0 Å². The summed E-state index contributed by atoms with van der Waals surface area (Å²) in [4.78, 5) is 12.2. The number of halogens is 1. The fourth-order valence-corrected chi connectivity index (χ4v) is 3.24. The Morgan fingerprint density at radius 1 is 0.967 bits per heavy atom. The molecule has 3 rings (SSSR count). The smallest absolute Gasteiger partial charge is 0.277 e. The van der Waals surface area contributed by atoms with Gasteiger partial charge < -0.3 is 9.47 Å². The second-order valence-electron chi connectivity index (χ2n) is 6.47. The van der Waals surface area contributed by atoms with Gasteiger partial charge in [-0.15, -0.1) is 0 Å². The lowest BCUT2D eigenvalue weighted by molar-refractivity contribution is -0.123. The zero-order valence-electron chi connectivity index (χ0n) is 16.9. The first kappa shape index (κ1) is 21.6. The average molecular weight is 467 g/mol. The number of amides is 1. The van der Waals surface area contributed by atoms with Crippen LogP contribution in [-0.4, -0.2) is 25.3 Å². The Bertz CT molecular complexity index is 1020. The number of rotatable bonds is 8. The zero-order chi connectivity index (χ0) is 21.3. The van der Waals surface area contributed by atoms with Crippen LogP contribution in [0.3, 0.4) is 0 Å². The monoisotopic (exact) mass is 466 g/mol. The molecular weight excluding hydrogens is 444 g/mol. The van der Waals surface area contributed by atoms with Crippen molar-refractivity contribution >= 4 is 27.5 Å². The summed E-state index contributed by atoms with van der Waals surface area (Å²) >= 11 is 3.37. The van der Waals surface area contributed by atoms with Crippen LogP contribution in [0, 0.1) is 0 Å². The number of hydrogen-bond acceptors (Lipinski definition) is 4. The summed E-state index contributed by atoms with van der Waals surface area (Å²) in [6.45, 7) is 1.84. The van der Waals surface area contributed by atoms with Crippen LogP contribution >= 0.6 is 15.9 Å². The molecule has 154 valence electrons. The molecule has 0 aliphatic rings. The van der Waals surface area contributed by atoms with E-state index in [1.165, 1.54) is 0 Å². The van der Waals surface area contributed by atoms with Crippen LogP contribution < -0.4 is 14.9 Å². The Morgan fingerprint density at radius 3 is 2.33 bits per heavy atom. The van der Waals surface area contributed by atoms with Crippen molar-refractivity contribution < 1.29 is 14.3 Å². The van der Waals surface area contributed by atoms with Crippen molar-refractivity contribution in [2.45, 2.75) is 13.3 Å². The van der Waals surface area contributed by atoms with E-state index in [4.69, 9.17) is 9.47 Å². The summed E-state index contributed by atoms with van der Waals surface area (Å²) in [6.07, 6.45) is 0.687. The number of ether oxygens (including phenoxy) is 2. The van der Waals surface area contributed by atoms with Crippen LogP contribution in [0.2, 0.25) is 0 Å². The molecule has 0 aliphatic heterocycles. The highest BCUT2D eigenvalue weighted by Gasteiger charge is 2.09. The minimum atomic E-state index is -0.341. The normalized spacial score (nSPS) is 11.1. The molecule has 0 fully saturated rings. The van der Waals surface area contributed by atoms with Gasteiger partial charge in [-0.25, -0.2) is 5.43 Å². The highest BCUT2D eigenvalue weighted by molar-refractivity contribution is 9.10. The van der Waals surface area contributed by atoms with Crippen molar-refractivity contribution in [2.24, 2.45) is 5.10 Å². The van der Waals surface area contributed by atoms with Crippen molar-refractivity contribution in [1.82, 2.24) is 5.43 Å². The van der Waals surface area contributed by atoms with Gasteiger partial charge in [0.15, 0.2) is 18.1 Å². The molecule has 0 heterocycles. The summed E-state index contributed by atoms with van der Waals surface area (Å²) in [7, 11) is 1.55. The molecule has 0 unspecified atom stereocenters. The fraction of sp³-hybridized carbons (Fsp3) is 0.167. The van der Waals surface area contributed by atoms with E-state index in [9.17, 15) is 4.79 Å². The Labute approximate surface area is 184 Å². The Balaban J connectivity index is 1.61. The van der Waals surface area contributed by atoms with Crippen molar-refractivity contribution in [3.05, 3.63) is 82.8 Å². The summed E-state index contributed by atoms with van der Waals surface area (Å²) in [6, 6.07) is 23.7. The van der Waals surface area contributed by atoms with E-state index < -0.39 is 0 Å². The fourth-order valence-electron chi connectivity index (χ4n) is 2.90. The summed E-state index contributed by atoms with van der Waals surface area (Å²) in [5, 5.41) is 4.28. The van der Waals surface area contributed by atoms with Crippen molar-refractivity contribution in [2.75, 3.05) is 13.7 Å². The van der Waals surface area contributed by atoms with Crippen LogP contribution in [0.15, 0.2) is 82.4 Å². The number of nitrogens with zero attached hydrogens (tertiary/aromatic N) is 1. The Hall–Kier alpha value is -3.12. The molecule has 0 atom stereocenters. The van der Waals surface area contributed by atoms with Gasteiger partial charge in [0, 0.05) is 4.47 Å². The molecule has 0 bridgehead atoms. The highest BCUT2D eigenvalue weighted by Crippen LogP contribution is 2.30. The lowest BCUT2D eigenvalue weighted by atomic mass is 10.0. The predicted molar refractivity (Wildman–Crippen MR) is 123 cm³/mol. The summed E-state index contributed by atoms with van der Waals surface area (Å²) in [5.41, 5.74) is 6.63. The van der Waals surface area contributed by atoms with Gasteiger partial charge in [0.2, 0.25) is 0 Å². The van der Waals surface area contributed by atoms with Crippen molar-refractivity contribution in [3.8, 4) is 22.6 Å². The second-order valence-corrected chi connectivity index (χ2v) is 7.39. The molecule has 3 aromatic carbocycles. The predicted octanol–water partition coefficient (Wildman–Crippen LogP) is 5.43. The molecule has 0 spiro atoms. The topological polar surface area (TPSA) is 59.9 Å². The number of benzene rings is 3. The van der Waals surface area contributed by atoms with E-state index >= 15 is 0 Å². The van der Waals surface area contributed by atoms with Gasteiger partial charge in [0.05, 0.1) is 12.8 Å². The standard InChI is InChI=1S/C24H23BrN2O3/c1-3-21(19-11-9-18(10-12-19)17-7-5-4-6-8-17)26-27-24(28)16-30-22-14-13-20(25)15-23(22)29-2/h4-15H,3,16H2,1-2H3,(H,27,28). The first-order chi connectivity index (χ1) is 14.6. The van der Waals surface area contributed by atoms with Crippen molar-refractivity contribution in [1.29, 1.82) is 0 Å². The molecule has 1 N–H and O–H groups in total. The summed E-state index contributed by atoms with van der Waals surface area (Å²) in [5.74, 6) is 0.701. The van der Waals surface area contributed by atoms with Crippen molar-refractivity contribution in [3.63, 3.8) is 0 Å². The third-order valence-corrected chi connectivity index (χ3v) is 4.95. The maximum absolute atomic E-state index is 12.2.